The largest absolute Gasteiger partial charge is 0.350 e. The normalized spacial score (nSPS) is 12.5. The van der Waals surface area contributed by atoms with Crippen LogP contribution in [-0.4, -0.2) is 43.3 Å². The summed E-state index contributed by atoms with van der Waals surface area (Å²) >= 11 is 0. The molecule has 0 aliphatic carbocycles. The molecular formula is C31H39N3O4S. The van der Waals surface area contributed by atoms with Crippen LogP contribution in [0.15, 0.2) is 77.7 Å². The summed E-state index contributed by atoms with van der Waals surface area (Å²) < 4.78 is 28.9. The van der Waals surface area contributed by atoms with E-state index in [4.69, 9.17) is 0 Å². The fourth-order valence-electron chi connectivity index (χ4n) is 4.29. The molecular weight excluding hydrogens is 510 g/mol. The highest BCUT2D eigenvalue weighted by Crippen LogP contribution is 2.26. The number of amides is 2. The number of hydrogen-bond donors (Lipinski definition) is 1. The monoisotopic (exact) mass is 549 g/mol. The van der Waals surface area contributed by atoms with Crippen LogP contribution in [0, 0.1) is 20.8 Å². The highest BCUT2D eigenvalue weighted by atomic mass is 32.2. The first kappa shape index (κ1) is 29.9. The summed E-state index contributed by atoms with van der Waals surface area (Å²) in [4.78, 5) is 28.7. The number of carbonyl (C=O) groups is 2. The van der Waals surface area contributed by atoms with E-state index >= 15 is 0 Å². The van der Waals surface area contributed by atoms with Gasteiger partial charge in [0.05, 0.1) is 10.6 Å². The molecule has 8 heteroatoms. The lowest BCUT2D eigenvalue weighted by molar-refractivity contribution is -0.140. The Morgan fingerprint density at radius 3 is 1.95 bits per heavy atom. The molecule has 1 unspecified atom stereocenters. The highest BCUT2D eigenvalue weighted by Gasteiger charge is 2.33. The van der Waals surface area contributed by atoms with Crippen molar-refractivity contribution in [3.63, 3.8) is 0 Å². The lowest BCUT2D eigenvalue weighted by Crippen LogP contribution is -2.54. The maximum Gasteiger partial charge on any atom is 0.264 e. The van der Waals surface area contributed by atoms with Crippen molar-refractivity contribution in [3.05, 3.63) is 95.1 Å². The van der Waals surface area contributed by atoms with E-state index in [0.717, 1.165) is 26.6 Å². The van der Waals surface area contributed by atoms with Gasteiger partial charge in [0.25, 0.3) is 10.0 Å². The van der Waals surface area contributed by atoms with E-state index < -0.39 is 34.1 Å². The Hall–Kier alpha value is -3.65. The van der Waals surface area contributed by atoms with Gasteiger partial charge < -0.3 is 10.2 Å². The standard InChI is InChI=1S/C31H39N3O4S/c1-22-13-15-26(16-14-22)20-33(25(4)30(36)32-31(5,6)7)29(35)21-34(27-18-23(2)17-24(3)19-27)39(37,38)28-11-9-8-10-12-28/h8-19,25H,20-21H2,1-7H3,(H,32,36). The Labute approximate surface area is 232 Å². The third kappa shape index (κ3) is 7.93. The molecule has 0 fully saturated rings. The number of benzene rings is 3. The summed E-state index contributed by atoms with van der Waals surface area (Å²) in [6, 6.07) is 20.4. The molecule has 0 aliphatic rings. The van der Waals surface area contributed by atoms with Gasteiger partial charge in [-0.25, -0.2) is 8.42 Å². The second kappa shape index (κ2) is 12.0. The number of aryl methyl sites for hydroxylation is 3. The summed E-state index contributed by atoms with van der Waals surface area (Å²) in [5, 5.41) is 2.94. The van der Waals surface area contributed by atoms with Gasteiger partial charge in [0.1, 0.15) is 12.6 Å². The van der Waals surface area contributed by atoms with E-state index in [-0.39, 0.29) is 17.3 Å². The molecule has 3 aromatic rings. The van der Waals surface area contributed by atoms with Crippen LogP contribution < -0.4 is 9.62 Å². The van der Waals surface area contributed by atoms with Gasteiger partial charge in [-0.1, -0.05) is 54.1 Å². The van der Waals surface area contributed by atoms with Crippen LogP contribution in [-0.2, 0) is 26.2 Å². The van der Waals surface area contributed by atoms with Crippen molar-refractivity contribution in [2.75, 3.05) is 10.8 Å². The molecule has 0 radical (unpaired) electrons. The number of rotatable bonds is 9. The van der Waals surface area contributed by atoms with E-state index in [9.17, 15) is 18.0 Å². The number of sulfonamides is 1. The van der Waals surface area contributed by atoms with Crippen molar-refractivity contribution >= 4 is 27.5 Å². The molecule has 3 aromatic carbocycles. The molecule has 3 rings (SSSR count). The van der Waals surface area contributed by atoms with Gasteiger partial charge in [0.15, 0.2) is 0 Å². The number of nitrogens with one attached hydrogen (secondary N) is 1. The molecule has 0 saturated carbocycles. The molecule has 0 bridgehead atoms. The number of carbonyl (C=O) groups excluding carboxylic acids is 2. The molecule has 39 heavy (non-hydrogen) atoms. The average molecular weight is 550 g/mol. The van der Waals surface area contributed by atoms with Crippen LogP contribution in [0.4, 0.5) is 5.69 Å². The summed E-state index contributed by atoms with van der Waals surface area (Å²) in [5.41, 5.74) is 3.57. The Morgan fingerprint density at radius 1 is 0.846 bits per heavy atom. The Bertz CT molecular complexity index is 1390. The van der Waals surface area contributed by atoms with Crippen molar-refractivity contribution in [2.24, 2.45) is 0 Å². The van der Waals surface area contributed by atoms with Crippen LogP contribution in [0.5, 0.6) is 0 Å². The van der Waals surface area contributed by atoms with E-state index in [1.54, 1.807) is 37.3 Å². The topological polar surface area (TPSA) is 86.8 Å². The van der Waals surface area contributed by atoms with Gasteiger partial charge in [-0.3, -0.25) is 13.9 Å². The first-order valence-electron chi connectivity index (χ1n) is 13.0. The average Bonchev–Trinajstić information content (AvgIpc) is 2.85. The molecule has 2 amide bonds. The molecule has 1 atom stereocenters. The SMILES string of the molecule is Cc1ccc(CN(C(=O)CN(c2cc(C)cc(C)c2)S(=O)(=O)c2ccccc2)C(C)C(=O)NC(C)(C)C)cc1. The Morgan fingerprint density at radius 2 is 1.41 bits per heavy atom. The van der Waals surface area contributed by atoms with E-state index in [1.807, 2.05) is 71.9 Å². The maximum atomic E-state index is 14.0. The van der Waals surface area contributed by atoms with Crippen LogP contribution in [0.3, 0.4) is 0 Å². The second-order valence-electron chi connectivity index (χ2n) is 11.1. The highest BCUT2D eigenvalue weighted by molar-refractivity contribution is 7.92. The molecule has 7 nitrogen and oxygen atoms in total. The summed E-state index contributed by atoms with van der Waals surface area (Å²) in [6.45, 7) is 12.7. The fraction of sp³-hybridized carbons (Fsp3) is 0.355. The van der Waals surface area contributed by atoms with E-state index in [0.29, 0.717) is 5.69 Å². The van der Waals surface area contributed by atoms with Gasteiger partial charge in [-0.15, -0.1) is 0 Å². The molecule has 0 aromatic heterocycles. The van der Waals surface area contributed by atoms with Crippen LogP contribution >= 0.6 is 0 Å². The predicted molar refractivity (Wildman–Crippen MR) is 156 cm³/mol. The summed E-state index contributed by atoms with van der Waals surface area (Å²) in [7, 11) is -4.08. The molecule has 208 valence electrons. The van der Waals surface area contributed by atoms with Crippen LogP contribution in [0.1, 0.15) is 49.9 Å². The number of hydrogen-bond acceptors (Lipinski definition) is 4. The van der Waals surface area contributed by atoms with Crippen molar-refractivity contribution in [3.8, 4) is 0 Å². The smallest absolute Gasteiger partial charge is 0.264 e. The van der Waals surface area contributed by atoms with Crippen LogP contribution in [0.25, 0.3) is 0 Å². The first-order valence-corrected chi connectivity index (χ1v) is 14.4. The van der Waals surface area contributed by atoms with Gasteiger partial charge in [0.2, 0.25) is 11.8 Å². The lowest BCUT2D eigenvalue weighted by atomic mass is 10.1. The van der Waals surface area contributed by atoms with Gasteiger partial charge in [-0.2, -0.15) is 0 Å². The summed E-state index contributed by atoms with van der Waals surface area (Å²) in [6.07, 6.45) is 0. The zero-order valence-corrected chi connectivity index (χ0v) is 24.7. The van der Waals surface area contributed by atoms with Crippen molar-refractivity contribution < 1.29 is 18.0 Å². The van der Waals surface area contributed by atoms with Gasteiger partial charge in [-0.05, 0) is 89.4 Å². The third-order valence-corrected chi connectivity index (χ3v) is 8.03. The first-order chi connectivity index (χ1) is 18.2. The summed E-state index contributed by atoms with van der Waals surface area (Å²) in [5.74, 6) is -0.794. The zero-order chi connectivity index (χ0) is 29.0. The minimum Gasteiger partial charge on any atom is -0.350 e. The number of anilines is 1. The quantitative estimate of drug-likeness (QED) is 0.401. The van der Waals surface area contributed by atoms with E-state index in [1.165, 1.54) is 17.0 Å². The Balaban J connectivity index is 2.05. The minimum atomic E-state index is -4.08. The minimum absolute atomic E-state index is 0.0839. The molecule has 0 saturated heterocycles. The molecule has 0 aliphatic heterocycles. The van der Waals surface area contributed by atoms with Gasteiger partial charge in [0, 0.05) is 12.1 Å². The van der Waals surface area contributed by atoms with Crippen molar-refractivity contribution in [2.45, 2.75) is 71.5 Å². The molecule has 1 N–H and O–H groups in total. The van der Waals surface area contributed by atoms with E-state index in [2.05, 4.69) is 5.32 Å². The third-order valence-electron chi connectivity index (χ3n) is 6.24. The molecule has 0 spiro atoms. The lowest BCUT2D eigenvalue weighted by Gasteiger charge is -2.33. The predicted octanol–water partition coefficient (Wildman–Crippen LogP) is 5.14. The molecule has 0 heterocycles. The van der Waals surface area contributed by atoms with Gasteiger partial charge >= 0.3 is 0 Å². The Kier molecular flexibility index (Phi) is 9.22. The second-order valence-corrected chi connectivity index (χ2v) is 13.0. The van der Waals surface area contributed by atoms with Crippen molar-refractivity contribution in [1.82, 2.24) is 10.2 Å². The zero-order valence-electron chi connectivity index (χ0n) is 23.9. The maximum absolute atomic E-state index is 14.0. The van der Waals surface area contributed by atoms with Crippen molar-refractivity contribution in [1.29, 1.82) is 0 Å². The number of nitrogens with zero attached hydrogens (tertiary/aromatic N) is 2. The van der Waals surface area contributed by atoms with Crippen LogP contribution in [0.2, 0.25) is 0 Å². The fourth-order valence-corrected chi connectivity index (χ4v) is 5.71.